The van der Waals surface area contributed by atoms with Crippen LogP contribution in [0.15, 0.2) is 0 Å². The molecule has 0 aliphatic heterocycles. The number of hydrogen-bond acceptors (Lipinski definition) is 2. The Kier molecular flexibility index (Phi) is 4.86. The van der Waals surface area contributed by atoms with Crippen LogP contribution in [0.25, 0.3) is 0 Å². The first kappa shape index (κ1) is 10.4. The molecule has 3 nitrogen and oxygen atoms in total. The van der Waals surface area contributed by atoms with E-state index in [-0.39, 0.29) is 5.84 Å². The highest BCUT2D eigenvalue weighted by Gasteiger charge is 2.00. The van der Waals surface area contributed by atoms with Crippen molar-refractivity contribution in [2.24, 2.45) is 11.7 Å². The van der Waals surface area contributed by atoms with Crippen LogP contribution in [0.1, 0.15) is 20.3 Å². The van der Waals surface area contributed by atoms with Gasteiger partial charge in [-0.05, 0) is 25.9 Å². The molecular formula is C8H19N3. The van der Waals surface area contributed by atoms with E-state index in [1.807, 2.05) is 7.05 Å². The molecule has 0 rings (SSSR count). The summed E-state index contributed by atoms with van der Waals surface area (Å²) in [6.45, 7) is 6.01. The van der Waals surface area contributed by atoms with Crippen molar-refractivity contribution < 1.29 is 0 Å². The van der Waals surface area contributed by atoms with Gasteiger partial charge in [-0.1, -0.05) is 13.8 Å². The highest BCUT2D eigenvalue weighted by atomic mass is 15.1. The van der Waals surface area contributed by atoms with Gasteiger partial charge in [0.2, 0.25) is 0 Å². The Morgan fingerprint density at radius 1 is 1.55 bits per heavy atom. The summed E-state index contributed by atoms with van der Waals surface area (Å²) in [6, 6.07) is 0. The van der Waals surface area contributed by atoms with Gasteiger partial charge >= 0.3 is 0 Å². The number of nitrogens with one attached hydrogen (secondary N) is 1. The van der Waals surface area contributed by atoms with Gasteiger partial charge in [-0.15, -0.1) is 0 Å². The average Bonchev–Trinajstić information content (AvgIpc) is 1.82. The molecule has 0 aliphatic carbocycles. The fourth-order valence-corrected chi connectivity index (χ4v) is 0.848. The van der Waals surface area contributed by atoms with Crippen LogP contribution in [0.4, 0.5) is 0 Å². The SMILES string of the molecule is CC(C)CCN(C)CC(=N)N. The lowest BCUT2D eigenvalue weighted by Crippen LogP contribution is -2.31. The van der Waals surface area contributed by atoms with E-state index in [9.17, 15) is 0 Å². The minimum absolute atomic E-state index is 0.247. The molecule has 3 heteroatoms. The van der Waals surface area contributed by atoms with Crippen LogP contribution in [0.3, 0.4) is 0 Å². The lowest BCUT2D eigenvalue weighted by Gasteiger charge is -2.16. The van der Waals surface area contributed by atoms with E-state index in [1.165, 1.54) is 6.42 Å². The van der Waals surface area contributed by atoms with Crippen LogP contribution in [0.5, 0.6) is 0 Å². The minimum Gasteiger partial charge on any atom is -0.387 e. The largest absolute Gasteiger partial charge is 0.387 e. The molecule has 0 fully saturated rings. The van der Waals surface area contributed by atoms with Gasteiger partial charge in [0.15, 0.2) is 0 Å². The normalized spacial score (nSPS) is 11.0. The lowest BCUT2D eigenvalue weighted by atomic mass is 10.1. The minimum atomic E-state index is 0.247. The van der Waals surface area contributed by atoms with Gasteiger partial charge in [0, 0.05) is 0 Å². The fourth-order valence-electron chi connectivity index (χ4n) is 0.848. The molecule has 0 amide bonds. The molecule has 0 spiro atoms. The van der Waals surface area contributed by atoms with E-state index >= 15 is 0 Å². The van der Waals surface area contributed by atoms with Crippen molar-refractivity contribution in [2.45, 2.75) is 20.3 Å². The molecule has 0 bridgehead atoms. The molecular weight excluding hydrogens is 138 g/mol. The van der Waals surface area contributed by atoms with Crippen molar-refractivity contribution in [1.29, 1.82) is 5.41 Å². The van der Waals surface area contributed by atoms with Gasteiger partial charge in [0.05, 0.1) is 6.54 Å². The highest BCUT2D eigenvalue weighted by Crippen LogP contribution is 1.99. The van der Waals surface area contributed by atoms with E-state index in [0.717, 1.165) is 12.5 Å². The van der Waals surface area contributed by atoms with Crippen LogP contribution in [0, 0.1) is 11.3 Å². The fraction of sp³-hybridized carbons (Fsp3) is 0.875. The molecule has 0 aromatic carbocycles. The topological polar surface area (TPSA) is 53.1 Å². The summed E-state index contributed by atoms with van der Waals surface area (Å²) >= 11 is 0. The molecule has 0 saturated heterocycles. The summed E-state index contributed by atoms with van der Waals surface area (Å²) in [4.78, 5) is 2.07. The van der Waals surface area contributed by atoms with Crippen LogP contribution < -0.4 is 5.73 Å². The van der Waals surface area contributed by atoms with Crippen LogP contribution in [-0.2, 0) is 0 Å². The lowest BCUT2D eigenvalue weighted by molar-refractivity contribution is 0.347. The number of amidine groups is 1. The zero-order valence-corrected chi connectivity index (χ0v) is 7.72. The van der Waals surface area contributed by atoms with E-state index in [0.29, 0.717) is 6.54 Å². The molecule has 66 valence electrons. The molecule has 0 radical (unpaired) electrons. The molecule has 3 N–H and O–H groups in total. The predicted molar refractivity (Wildman–Crippen MR) is 48.9 cm³/mol. The van der Waals surface area contributed by atoms with Crippen molar-refractivity contribution in [3.05, 3.63) is 0 Å². The van der Waals surface area contributed by atoms with Crippen molar-refractivity contribution in [3.63, 3.8) is 0 Å². The summed E-state index contributed by atoms with van der Waals surface area (Å²) in [5, 5.41) is 7.05. The maximum Gasteiger partial charge on any atom is 0.105 e. The first-order chi connectivity index (χ1) is 5.02. The number of hydrogen-bond donors (Lipinski definition) is 2. The Morgan fingerprint density at radius 2 is 2.09 bits per heavy atom. The van der Waals surface area contributed by atoms with Gasteiger partial charge in [-0.3, -0.25) is 10.3 Å². The van der Waals surface area contributed by atoms with Crippen LogP contribution >= 0.6 is 0 Å². The number of rotatable bonds is 5. The maximum atomic E-state index is 7.05. The Bertz CT molecular complexity index is 121. The van der Waals surface area contributed by atoms with Crippen molar-refractivity contribution in [1.82, 2.24) is 4.90 Å². The van der Waals surface area contributed by atoms with Gasteiger partial charge in [-0.25, -0.2) is 0 Å². The number of nitrogens with zero attached hydrogens (tertiary/aromatic N) is 1. The maximum absolute atomic E-state index is 7.05. The van der Waals surface area contributed by atoms with Gasteiger partial charge in [0.1, 0.15) is 5.84 Å². The van der Waals surface area contributed by atoms with E-state index in [4.69, 9.17) is 11.1 Å². The number of likely N-dealkylation sites (N-methyl/N-ethyl adjacent to an activating group) is 1. The standard InChI is InChI=1S/C8H19N3/c1-7(2)4-5-11(3)6-8(9)10/h7H,4-6H2,1-3H3,(H3,9,10). The third-order valence-corrected chi connectivity index (χ3v) is 1.53. The van der Waals surface area contributed by atoms with Crippen LogP contribution in [0.2, 0.25) is 0 Å². The van der Waals surface area contributed by atoms with Gasteiger partial charge < -0.3 is 5.73 Å². The molecule has 0 aliphatic rings. The Labute approximate surface area is 69.1 Å². The van der Waals surface area contributed by atoms with Crippen LogP contribution in [-0.4, -0.2) is 30.9 Å². The quantitative estimate of drug-likeness (QED) is 0.460. The summed E-state index contributed by atoms with van der Waals surface area (Å²) in [6.07, 6.45) is 1.17. The Hall–Kier alpha value is -0.570. The monoisotopic (exact) mass is 157 g/mol. The second-order valence-electron chi connectivity index (χ2n) is 3.45. The zero-order chi connectivity index (χ0) is 8.85. The van der Waals surface area contributed by atoms with E-state index < -0.39 is 0 Å². The highest BCUT2D eigenvalue weighted by molar-refractivity contribution is 5.78. The first-order valence-electron chi connectivity index (χ1n) is 4.03. The van der Waals surface area contributed by atoms with Gasteiger partial charge in [-0.2, -0.15) is 0 Å². The van der Waals surface area contributed by atoms with Crippen molar-refractivity contribution >= 4 is 5.84 Å². The smallest absolute Gasteiger partial charge is 0.105 e. The van der Waals surface area contributed by atoms with Gasteiger partial charge in [0.25, 0.3) is 0 Å². The molecule has 0 atom stereocenters. The zero-order valence-electron chi connectivity index (χ0n) is 7.72. The molecule has 0 aromatic heterocycles. The molecule has 0 heterocycles. The summed E-state index contributed by atoms with van der Waals surface area (Å²) in [5.74, 6) is 0.973. The number of nitrogens with two attached hydrogens (primary N) is 1. The Balaban J connectivity index is 3.37. The Morgan fingerprint density at radius 3 is 2.45 bits per heavy atom. The third-order valence-electron chi connectivity index (χ3n) is 1.53. The first-order valence-corrected chi connectivity index (χ1v) is 4.03. The third kappa shape index (κ3) is 7.33. The summed E-state index contributed by atoms with van der Waals surface area (Å²) < 4.78 is 0. The summed E-state index contributed by atoms with van der Waals surface area (Å²) in [5.41, 5.74) is 5.24. The van der Waals surface area contributed by atoms with E-state index in [2.05, 4.69) is 18.7 Å². The molecule has 0 saturated carbocycles. The average molecular weight is 157 g/mol. The second-order valence-corrected chi connectivity index (χ2v) is 3.45. The molecule has 0 aromatic rings. The molecule has 11 heavy (non-hydrogen) atoms. The summed E-state index contributed by atoms with van der Waals surface area (Å²) in [7, 11) is 1.99. The van der Waals surface area contributed by atoms with Crippen molar-refractivity contribution in [2.75, 3.05) is 20.1 Å². The van der Waals surface area contributed by atoms with Crippen molar-refractivity contribution in [3.8, 4) is 0 Å². The predicted octanol–water partition coefficient (Wildman–Crippen LogP) is 0.900. The molecule has 0 unspecified atom stereocenters. The van der Waals surface area contributed by atoms with E-state index in [1.54, 1.807) is 0 Å². The second kappa shape index (κ2) is 5.13.